The summed E-state index contributed by atoms with van der Waals surface area (Å²) in [7, 11) is 0. The molecule has 0 saturated heterocycles. The van der Waals surface area contributed by atoms with Gasteiger partial charge in [0, 0.05) is 25.1 Å². The SMILES string of the molecule is CC(C)C(NC(=O)CCN1C(=O)C=CC1=O)C(N)=O. The molecule has 1 heterocycles. The molecule has 1 rings (SSSR count). The third-order valence-electron chi connectivity index (χ3n) is 2.75. The number of carbonyl (C=O) groups excluding carboxylic acids is 4. The Balaban J connectivity index is 2.46. The first kappa shape index (κ1) is 14.9. The molecule has 1 aliphatic heterocycles. The Morgan fingerprint density at radius 3 is 2.21 bits per heavy atom. The zero-order valence-electron chi connectivity index (χ0n) is 10.9. The van der Waals surface area contributed by atoms with Crippen LogP contribution in [0, 0.1) is 5.92 Å². The molecule has 1 aliphatic rings. The third-order valence-corrected chi connectivity index (χ3v) is 2.75. The fourth-order valence-corrected chi connectivity index (χ4v) is 1.68. The minimum absolute atomic E-state index is 0.0138. The van der Waals surface area contributed by atoms with Crippen LogP contribution in [-0.4, -0.2) is 41.1 Å². The lowest BCUT2D eigenvalue weighted by Gasteiger charge is -2.20. The normalized spacial score (nSPS) is 16.1. The number of nitrogens with two attached hydrogens (primary N) is 1. The van der Waals surface area contributed by atoms with E-state index in [1.165, 1.54) is 0 Å². The Kier molecular flexibility index (Phi) is 4.80. The maximum absolute atomic E-state index is 11.6. The Labute approximate surface area is 110 Å². The van der Waals surface area contributed by atoms with Crippen LogP contribution in [0.4, 0.5) is 0 Å². The van der Waals surface area contributed by atoms with E-state index >= 15 is 0 Å². The molecule has 1 atom stereocenters. The van der Waals surface area contributed by atoms with Crippen LogP contribution in [0.2, 0.25) is 0 Å². The van der Waals surface area contributed by atoms with Gasteiger partial charge in [0.2, 0.25) is 11.8 Å². The first-order chi connectivity index (χ1) is 8.82. The lowest BCUT2D eigenvalue weighted by atomic mass is 10.0. The minimum atomic E-state index is -0.754. The zero-order valence-corrected chi connectivity index (χ0v) is 10.9. The molecule has 7 heteroatoms. The summed E-state index contributed by atoms with van der Waals surface area (Å²) in [4.78, 5) is 46.2. The molecule has 0 aromatic carbocycles. The van der Waals surface area contributed by atoms with Crippen LogP contribution in [0.15, 0.2) is 12.2 Å². The number of rotatable bonds is 6. The summed E-state index contributed by atoms with van der Waals surface area (Å²) in [5, 5.41) is 2.49. The van der Waals surface area contributed by atoms with Crippen molar-refractivity contribution >= 4 is 23.6 Å². The van der Waals surface area contributed by atoms with Gasteiger partial charge in [-0.15, -0.1) is 0 Å². The van der Waals surface area contributed by atoms with E-state index in [2.05, 4.69) is 5.32 Å². The molecular formula is C12H17N3O4. The Bertz CT molecular complexity index is 424. The van der Waals surface area contributed by atoms with Gasteiger partial charge in [-0.1, -0.05) is 13.8 Å². The van der Waals surface area contributed by atoms with Crippen molar-refractivity contribution in [2.45, 2.75) is 26.3 Å². The number of amides is 4. The fourth-order valence-electron chi connectivity index (χ4n) is 1.68. The third kappa shape index (κ3) is 3.90. The Morgan fingerprint density at radius 1 is 1.26 bits per heavy atom. The first-order valence-electron chi connectivity index (χ1n) is 5.95. The second-order valence-electron chi connectivity index (χ2n) is 4.60. The molecule has 0 aromatic heterocycles. The average Bonchev–Trinajstić information content (AvgIpc) is 2.62. The van der Waals surface area contributed by atoms with Gasteiger partial charge in [-0.3, -0.25) is 24.1 Å². The largest absolute Gasteiger partial charge is 0.368 e. The van der Waals surface area contributed by atoms with Gasteiger partial charge in [0.25, 0.3) is 11.8 Å². The summed E-state index contributed by atoms with van der Waals surface area (Å²) in [5.74, 6) is -2.04. The van der Waals surface area contributed by atoms with E-state index < -0.39 is 29.7 Å². The maximum atomic E-state index is 11.6. The molecule has 1 unspecified atom stereocenters. The van der Waals surface area contributed by atoms with Gasteiger partial charge in [0.15, 0.2) is 0 Å². The highest BCUT2D eigenvalue weighted by Gasteiger charge is 2.25. The number of hydrogen-bond donors (Lipinski definition) is 2. The van der Waals surface area contributed by atoms with Crippen molar-refractivity contribution in [3.05, 3.63) is 12.2 Å². The lowest BCUT2D eigenvalue weighted by Crippen LogP contribution is -2.48. The van der Waals surface area contributed by atoms with Gasteiger partial charge < -0.3 is 11.1 Å². The highest BCUT2D eigenvalue weighted by atomic mass is 16.2. The maximum Gasteiger partial charge on any atom is 0.253 e. The van der Waals surface area contributed by atoms with Crippen molar-refractivity contribution < 1.29 is 19.2 Å². The van der Waals surface area contributed by atoms with E-state index in [4.69, 9.17) is 5.73 Å². The van der Waals surface area contributed by atoms with E-state index in [-0.39, 0.29) is 18.9 Å². The smallest absolute Gasteiger partial charge is 0.253 e. The molecule has 0 aromatic rings. The number of carbonyl (C=O) groups is 4. The van der Waals surface area contributed by atoms with Crippen molar-refractivity contribution in [2.24, 2.45) is 11.7 Å². The molecule has 7 nitrogen and oxygen atoms in total. The molecule has 19 heavy (non-hydrogen) atoms. The summed E-state index contributed by atoms with van der Waals surface area (Å²) in [6, 6.07) is -0.754. The number of primary amides is 1. The second-order valence-corrected chi connectivity index (χ2v) is 4.60. The standard InChI is InChI=1S/C12H17N3O4/c1-7(2)11(12(13)19)14-8(16)5-6-15-9(17)3-4-10(15)18/h3-4,7,11H,5-6H2,1-2H3,(H2,13,19)(H,14,16). The number of hydrogen-bond acceptors (Lipinski definition) is 4. The topological polar surface area (TPSA) is 110 Å². The predicted molar refractivity (Wildman–Crippen MR) is 66.4 cm³/mol. The van der Waals surface area contributed by atoms with Crippen LogP contribution in [0.3, 0.4) is 0 Å². The van der Waals surface area contributed by atoms with Crippen LogP contribution in [-0.2, 0) is 19.2 Å². The monoisotopic (exact) mass is 267 g/mol. The summed E-state index contributed by atoms with van der Waals surface area (Å²) >= 11 is 0. The predicted octanol–water partition coefficient (Wildman–Crippen LogP) is -1.07. The summed E-state index contributed by atoms with van der Waals surface area (Å²) in [6.45, 7) is 3.50. The van der Waals surface area contributed by atoms with Crippen LogP contribution < -0.4 is 11.1 Å². The molecular weight excluding hydrogens is 250 g/mol. The van der Waals surface area contributed by atoms with Crippen LogP contribution in [0.1, 0.15) is 20.3 Å². The minimum Gasteiger partial charge on any atom is -0.368 e. The van der Waals surface area contributed by atoms with E-state index in [9.17, 15) is 19.2 Å². The molecule has 0 spiro atoms. The quantitative estimate of drug-likeness (QED) is 0.597. The lowest BCUT2D eigenvalue weighted by molar-refractivity contribution is -0.137. The molecule has 0 aliphatic carbocycles. The summed E-state index contributed by atoms with van der Waals surface area (Å²) < 4.78 is 0. The van der Waals surface area contributed by atoms with Crippen molar-refractivity contribution in [1.29, 1.82) is 0 Å². The molecule has 0 radical (unpaired) electrons. The average molecular weight is 267 g/mol. The van der Waals surface area contributed by atoms with Gasteiger partial charge in [-0.2, -0.15) is 0 Å². The van der Waals surface area contributed by atoms with Crippen LogP contribution in [0.5, 0.6) is 0 Å². The molecule has 0 fully saturated rings. The van der Waals surface area contributed by atoms with E-state index in [1.54, 1.807) is 13.8 Å². The summed E-state index contributed by atoms with van der Waals surface area (Å²) in [6.07, 6.45) is 2.25. The summed E-state index contributed by atoms with van der Waals surface area (Å²) in [5.41, 5.74) is 5.17. The van der Waals surface area contributed by atoms with Gasteiger partial charge in [0.05, 0.1) is 0 Å². The number of nitrogens with zero attached hydrogens (tertiary/aromatic N) is 1. The number of nitrogens with one attached hydrogen (secondary N) is 1. The number of imide groups is 1. The van der Waals surface area contributed by atoms with Gasteiger partial charge in [-0.05, 0) is 5.92 Å². The molecule has 0 bridgehead atoms. The first-order valence-corrected chi connectivity index (χ1v) is 5.95. The van der Waals surface area contributed by atoms with Crippen molar-refractivity contribution in [2.75, 3.05) is 6.54 Å². The Hall–Kier alpha value is -2.18. The van der Waals surface area contributed by atoms with Crippen molar-refractivity contribution in [1.82, 2.24) is 10.2 Å². The van der Waals surface area contributed by atoms with Gasteiger partial charge >= 0.3 is 0 Å². The molecule has 104 valence electrons. The molecule has 3 N–H and O–H groups in total. The van der Waals surface area contributed by atoms with E-state index in [1.807, 2.05) is 0 Å². The van der Waals surface area contributed by atoms with Crippen LogP contribution in [0.25, 0.3) is 0 Å². The highest BCUT2D eigenvalue weighted by Crippen LogP contribution is 2.05. The fraction of sp³-hybridized carbons (Fsp3) is 0.500. The van der Waals surface area contributed by atoms with E-state index in [0.717, 1.165) is 17.1 Å². The van der Waals surface area contributed by atoms with Crippen molar-refractivity contribution in [3.63, 3.8) is 0 Å². The van der Waals surface area contributed by atoms with E-state index in [0.29, 0.717) is 0 Å². The zero-order chi connectivity index (χ0) is 14.6. The van der Waals surface area contributed by atoms with Gasteiger partial charge in [0.1, 0.15) is 6.04 Å². The Morgan fingerprint density at radius 2 is 1.79 bits per heavy atom. The van der Waals surface area contributed by atoms with Crippen molar-refractivity contribution in [3.8, 4) is 0 Å². The van der Waals surface area contributed by atoms with Gasteiger partial charge in [-0.25, -0.2) is 0 Å². The van der Waals surface area contributed by atoms with Crippen LogP contribution >= 0.6 is 0 Å². The molecule has 4 amide bonds. The highest BCUT2D eigenvalue weighted by molar-refractivity contribution is 6.13. The molecule has 0 saturated carbocycles. The second kappa shape index (κ2) is 6.12.